The van der Waals surface area contributed by atoms with Gasteiger partial charge in [-0.2, -0.15) is 9.97 Å². The summed E-state index contributed by atoms with van der Waals surface area (Å²) in [6.45, 7) is 7.77. The summed E-state index contributed by atoms with van der Waals surface area (Å²) in [4.78, 5) is 17.0. The monoisotopic (exact) mass is 479 g/mol. The summed E-state index contributed by atoms with van der Waals surface area (Å²) < 4.78 is 16.6. The third kappa shape index (κ3) is 4.89. The number of benzene rings is 1. The van der Waals surface area contributed by atoms with Gasteiger partial charge in [0.05, 0.1) is 50.7 Å². The molecule has 186 valence electrons. The third-order valence-electron chi connectivity index (χ3n) is 6.88. The van der Waals surface area contributed by atoms with Crippen molar-refractivity contribution < 1.29 is 19.3 Å². The van der Waals surface area contributed by atoms with Crippen LogP contribution in [-0.4, -0.2) is 72.2 Å². The van der Waals surface area contributed by atoms with E-state index in [0.717, 1.165) is 48.6 Å². The summed E-state index contributed by atoms with van der Waals surface area (Å²) in [5.74, 6) is 2.47. The molecule has 3 aromatic rings. The average Bonchev–Trinajstić information content (AvgIpc) is 2.89. The molecular formula is C26H33N5O4. The topological polar surface area (TPSA) is 102 Å². The van der Waals surface area contributed by atoms with E-state index in [-0.39, 0.29) is 18.7 Å². The lowest BCUT2D eigenvalue weighted by molar-refractivity contribution is 0.0536. The smallest absolute Gasteiger partial charge is 0.226 e. The number of hydrogen-bond donors (Lipinski definition) is 2. The molecule has 3 atom stereocenters. The van der Waals surface area contributed by atoms with E-state index in [1.54, 1.807) is 7.11 Å². The van der Waals surface area contributed by atoms with E-state index in [0.29, 0.717) is 42.0 Å². The van der Waals surface area contributed by atoms with E-state index in [1.807, 2.05) is 30.3 Å². The fraction of sp³-hybridized carbons (Fsp3) is 0.500. The van der Waals surface area contributed by atoms with Gasteiger partial charge in [0.1, 0.15) is 11.6 Å². The predicted octanol–water partition coefficient (Wildman–Crippen LogP) is 3.25. The van der Waals surface area contributed by atoms with Gasteiger partial charge >= 0.3 is 0 Å². The molecule has 9 nitrogen and oxygen atoms in total. The molecule has 0 radical (unpaired) electrons. The Morgan fingerprint density at radius 1 is 1.09 bits per heavy atom. The Morgan fingerprint density at radius 2 is 1.94 bits per heavy atom. The van der Waals surface area contributed by atoms with Gasteiger partial charge in [-0.05, 0) is 49.6 Å². The zero-order valence-corrected chi connectivity index (χ0v) is 20.5. The maximum atomic E-state index is 9.76. The Kier molecular flexibility index (Phi) is 6.99. The molecule has 2 fully saturated rings. The molecule has 1 aromatic carbocycles. The highest BCUT2D eigenvalue weighted by Gasteiger charge is 2.26. The van der Waals surface area contributed by atoms with Crippen molar-refractivity contribution in [2.75, 3.05) is 50.3 Å². The number of aliphatic hydroxyl groups excluding tert-OH is 1. The molecule has 0 amide bonds. The first-order valence-electron chi connectivity index (χ1n) is 12.2. The largest absolute Gasteiger partial charge is 0.496 e. The van der Waals surface area contributed by atoms with Crippen molar-refractivity contribution in [3.8, 4) is 17.0 Å². The van der Waals surface area contributed by atoms with Crippen LogP contribution < -0.4 is 15.0 Å². The van der Waals surface area contributed by atoms with Crippen molar-refractivity contribution in [2.24, 2.45) is 5.92 Å². The number of rotatable bonds is 6. The molecule has 2 unspecified atom stereocenters. The molecule has 5 rings (SSSR count). The van der Waals surface area contributed by atoms with Gasteiger partial charge in [0.15, 0.2) is 5.65 Å². The van der Waals surface area contributed by atoms with E-state index in [4.69, 9.17) is 29.2 Å². The minimum absolute atomic E-state index is 0.108. The molecular weight excluding hydrogens is 446 g/mol. The van der Waals surface area contributed by atoms with Crippen LogP contribution in [0.15, 0.2) is 30.3 Å². The SMILES string of the molecule is COc1ccc(-c2ccc3c(N4CCOC[C@@H]4C)nc(NC4CCOCC4C)nc3n2)cc1CO. The highest BCUT2D eigenvalue weighted by molar-refractivity contribution is 5.90. The number of nitrogens with zero attached hydrogens (tertiary/aromatic N) is 4. The van der Waals surface area contributed by atoms with Gasteiger partial charge < -0.3 is 29.5 Å². The Hall–Kier alpha value is -3.01. The van der Waals surface area contributed by atoms with Crippen molar-refractivity contribution in [3.63, 3.8) is 0 Å². The number of pyridine rings is 1. The lowest BCUT2D eigenvalue weighted by Crippen LogP contribution is -2.44. The number of morpholine rings is 1. The van der Waals surface area contributed by atoms with Gasteiger partial charge in [0, 0.05) is 30.3 Å². The van der Waals surface area contributed by atoms with Crippen LogP contribution in [-0.2, 0) is 16.1 Å². The zero-order chi connectivity index (χ0) is 24.4. The molecule has 0 spiro atoms. The van der Waals surface area contributed by atoms with Crippen LogP contribution in [0, 0.1) is 5.92 Å². The minimum atomic E-state index is -0.108. The first-order valence-corrected chi connectivity index (χ1v) is 12.2. The van der Waals surface area contributed by atoms with Gasteiger partial charge in [-0.15, -0.1) is 0 Å². The molecule has 0 bridgehead atoms. The van der Waals surface area contributed by atoms with E-state index in [1.165, 1.54) is 0 Å². The van der Waals surface area contributed by atoms with E-state index >= 15 is 0 Å². The molecule has 2 aliphatic heterocycles. The highest BCUT2D eigenvalue weighted by Crippen LogP contribution is 2.32. The van der Waals surface area contributed by atoms with E-state index in [2.05, 4.69) is 24.1 Å². The Balaban J connectivity index is 1.58. The standard InChI is InChI=1S/C26H33N5O4/c1-16-14-34-10-8-21(16)28-26-29-24-20(25(30-26)31-9-11-35-15-17(31)2)5-6-22(27-24)18-4-7-23(33-3)19(12-18)13-32/h4-7,12,16-17,21,32H,8-11,13-15H2,1-3H3,(H,27,28,29,30)/t16?,17-,21?/m0/s1. The van der Waals surface area contributed by atoms with Crippen LogP contribution in [0.3, 0.4) is 0 Å². The highest BCUT2D eigenvalue weighted by atomic mass is 16.5. The first-order chi connectivity index (χ1) is 17.1. The third-order valence-corrected chi connectivity index (χ3v) is 6.88. The van der Waals surface area contributed by atoms with Gasteiger partial charge in [-0.3, -0.25) is 0 Å². The number of methoxy groups -OCH3 is 1. The molecule has 0 aliphatic carbocycles. The van der Waals surface area contributed by atoms with Crippen molar-refractivity contribution in [1.82, 2.24) is 15.0 Å². The van der Waals surface area contributed by atoms with Crippen molar-refractivity contribution >= 4 is 22.8 Å². The Bertz CT molecular complexity index is 1190. The lowest BCUT2D eigenvalue weighted by Gasteiger charge is -2.35. The number of nitrogens with one attached hydrogen (secondary N) is 1. The van der Waals surface area contributed by atoms with E-state index < -0.39 is 0 Å². The van der Waals surface area contributed by atoms with Crippen LogP contribution in [0.5, 0.6) is 5.75 Å². The van der Waals surface area contributed by atoms with Crippen LogP contribution in [0.2, 0.25) is 0 Å². The van der Waals surface area contributed by atoms with Gasteiger partial charge in [0.25, 0.3) is 0 Å². The second-order valence-electron chi connectivity index (χ2n) is 9.33. The molecule has 2 saturated heterocycles. The number of anilines is 2. The summed E-state index contributed by atoms with van der Waals surface area (Å²) in [6.07, 6.45) is 0.912. The van der Waals surface area contributed by atoms with Crippen LogP contribution >= 0.6 is 0 Å². The molecule has 4 heterocycles. The summed E-state index contributed by atoms with van der Waals surface area (Å²) in [6, 6.07) is 10.2. The molecule has 35 heavy (non-hydrogen) atoms. The quantitative estimate of drug-likeness (QED) is 0.552. The fourth-order valence-electron chi connectivity index (χ4n) is 4.80. The summed E-state index contributed by atoms with van der Waals surface area (Å²) >= 11 is 0. The van der Waals surface area contributed by atoms with Gasteiger partial charge in [-0.25, -0.2) is 4.98 Å². The number of ether oxygens (including phenoxy) is 3. The molecule has 0 saturated carbocycles. The number of hydrogen-bond acceptors (Lipinski definition) is 9. The number of aromatic nitrogens is 3. The summed E-state index contributed by atoms with van der Waals surface area (Å²) in [5, 5.41) is 14.2. The molecule has 2 N–H and O–H groups in total. The fourth-order valence-corrected chi connectivity index (χ4v) is 4.80. The normalized spacial score (nSPS) is 22.9. The first kappa shape index (κ1) is 23.7. The Labute approximate surface area is 205 Å². The predicted molar refractivity (Wildman–Crippen MR) is 135 cm³/mol. The van der Waals surface area contributed by atoms with Gasteiger partial charge in [0.2, 0.25) is 5.95 Å². The zero-order valence-electron chi connectivity index (χ0n) is 20.5. The summed E-state index contributed by atoms with van der Waals surface area (Å²) in [5.41, 5.74) is 3.02. The van der Waals surface area contributed by atoms with Crippen molar-refractivity contribution in [1.29, 1.82) is 0 Å². The van der Waals surface area contributed by atoms with Crippen LogP contribution in [0.1, 0.15) is 25.8 Å². The second kappa shape index (κ2) is 10.3. The number of aliphatic hydroxyl groups is 1. The maximum absolute atomic E-state index is 9.76. The van der Waals surface area contributed by atoms with Gasteiger partial charge in [-0.1, -0.05) is 6.92 Å². The lowest BCUT2D eigenvalue weighted by atomic mass is 9.98. The van der Waals surface area contributed by atoms with Crippen LogP contribution in [0.4, 0.5) is 11.8 Å². The minimum Gasteiger partial charge on any atom is -0.496 e. The van der Waals surface area contributed by atoms with Crippen molar-refractivity contribution in [2.45, 2.75) is 39.0 Å². The number of fused-ring (bicyclic) bond motifs is 1. The van der Waals surface area contributed by atoms with E-state index in [9.17, 15) is 5.11 Å². The van der Waals surface area contributed by atoms with Crippen molar-refractivity contribution in [3.05, 3.63) is 35.9 Å². The molecule has 2 aromatic heterocycles. The van der Waals surface area contributed by atoms with Crippen LogP contribution in [0.25, 0.3) is 22.3 Å². The maximum Gasteiger partial charge on any atom is 0.226 e. The second-order valence-corrected chi connectivity index (χ2v) is 9.33. The Morgan fingerprint density at radius 3 is 2.71 bits per heavy atom. The average molecular weight is 480 g/mol. The molecule has 2 aliphatic rings. The summed E-state index contributed by atoms with van der Waals surface area (Å²) in [7, 11) is 1.60. The molecule has 9 heteroatoms.